The lowest BCUT2D eigenvalue weighted by molar-refractivity contribution is 0.0940. The molecule has 0 saturated heterocycles. The lowest BCUT2D eigenvalue weighted by atomic mass is 10.0. The van der Waals surface area contributed by atoms with E-state index in [0.29, 0.717) is 0 Å². The van der Waals surface area contributed by atoms with Gasteiger partial charge < -0.3 is 9.16 Å². The summed E-state index contributed by atoms with van der Waals surface area (Å²) in [4.78, 5) is 0. The predicted molar refractivity (Wildman–Crippen MR) is 46.2 cm³/mol. The minimum absolute atomic E-state index is 0.0742. The smallest absolute Gasteiger partial charge is 0.146 e. The summed E-state index contributed by atoms with van der Waals surface area (Å²) in [7, 11) is 2.56. The van der Waals surface area contributed by atoms with Crippen molar-refractivity contribution in [2.75, 3.05) is 13.7 Å². The van der Waals surface area contributed by atoms with Gasteiger partial charge in [-0.1, -0.05) is 0 Å². The lowest BCUT2D eigenvalue weighted by Crippen LogP contribution is -2.23. The summed E-state index contributed by atoms with van der Waals surface area (Å²) >= 11 is 0. The van der Waals surface area contributed by atoms with Crippen LogP contribution in [-0.4, -0.2) is 29.8 Å². The zero-order valence-corrected chi connectivity index (χ0v) is 9.44. The molecular weight excluding hydrogens is 144 g/mol. The van der Waals surface area contributed by atoms with Crippen LogP contribution in [-0.2, 0) is 9.16 Å². The van der Waals surface area contributed by atoms with Gasteiger partial charge in [0.25, 0.3) is 0 Å². The van der Waals surface area contributed by atoms with Gasteiger partial charge in [0.05, 0.1) is 0 Å². The van der Waals surface area contributed by atoms with E-state index in [1.165, 1.54) is 0 Å². The molecule has 62 valence electrons. The largest absolute Gasteiger partial charge is 0.423 e. The fourth-order valence-corrected chi connectivity index (χ4v) is 0.948. The van der Waals surface area contributed by atoms with Crippen LogP contribution >= 0.6 is 0 Å². The minimum Gasteiger partial charge on any atom is -0.423 e. The first-order chi connectivity index (χ1) is 4.62. The van der Waals surface area contributed by atoms with Crippen LogP contribution in [0.1, 0.15) is 26.7 Å². The van der Waals surface area contributed by atoms with Gasteiger partial charge in [-0.05, 0) is 26.7 Å². The molecule has 0 aliphatic carbocycles. The molecule has 0 rings (SSSR count). The molecule has 2 nitrogen and oxygen atoms in total. The Hall–Kier alpha value is 0.137. The standard InChI is InChI=1S/C7H18O2Si/c1-7(2,9-10)5-4-6-8-3/h4-6H2,1-3,10H3. The molecule has 0 heterocycles. The maximum atomic E-state index is 5.37. The Bertz CT molecular complexity index is 83.7. The van der Waals surface area contributed by atoms with E-state index < -0.39 is 0 Å². The van der Waals surface area contributed by atoms with Gasteiger partial charge in [0, 0.05) is 19.3 Å². The Balaban J connectivity index is 3.28. The van der Waals surface area contributed by atoms with Gasteiger partial charge in [0.15, 0.2) is 0 Å². The van der Waals surface area contributed by atoms with Gasteiger partial charge in [0.1, 0.15) is 10.5 Å². The molecule has 0 aromatic rings. The molecular formula is C7H18O2Si. The van der Waals surface area contributed by atoms with Gasteiger partial charge in [-0.2, -0.15) is 0 Å². The van der Waals surface area contributed by atoms with Crippen LogP contribution in [0.5, 0.6) is 0 Å². The zero-order valence-electron chi connectivity index (χ0n) is 7.44. The number of hydrogen-bond acceptors (Lipinski definition) is 2. The Labute approximate surface area is 66.5 Å². The minimum atomic E-state index is 0.0742. The molecule has 0 aliphatic heterocycles. The molecule has 10 heavy (non-hydrogen) atoms. The molecule has 0 bridgehead atoms. The van der Waals surface area contributed by atoms with Crippen molar-refractivity contribution in [2.24, 2.45) is 0 Å². The Morgan fingerprint density at radius 1 is 1.40 bits per heavy atom. The van der Waals surface area contributed by atoms with Crippen molar-refractivity contribution < 1.29 is 9.16 Å². The van der Waals surface area contributed by atoms with Crippen LogP contribution in [0.2, 0.25) is 0 Å². The van der Waals surface area contributed by atoms with E-state index in [4.69, 9.17) is 9.16 Å². The third kappa shape index (κ3) is 4.96. The van der Waals surface area contributed by atoms with Gasteiger partial charge in [-0.3, -0.25) is 0 Å². The highest BCUT2D eigenvalue weighted by molar-refractivity contribution is 5.98. The van der Waals surface area contributed by atoms with Crippen LogP contribution in [0.4, 0.5) is 0 Å². The highest BCUT2D eigenvalue weighted by Gasteiger charge is 2.13. The maximum Gasteiger partial charge on any atom is 0.146 e. The summed E-state index contributed by atoms with van der Waals surface area (Å²) in [5, 5.41) is 0. The fourth-order valence-electron chi connectivity index (χ4n) is 0.744. The van der Waals surface area contributed by atoms with Crippen molar-refractivity contribution in [3.63, 3.8) is 0 Å². The van der Waals surface area contributed by atoms with Crippen molar-refractivity contribution >= 4 is 10.5 Å². The monoisotopic (exact) mass is 162 g/mol. The SMILES string of the molecule is COCCCC(C)(C)O[SiH3]. The first-order valence-electron chi connectivity index (χ1n) is 3.66. The van der Waals surface area contributed by atoms with E-state index >= 15 is 0 Å². The number of rotatable bonds is 5. The van der Waals surface area contributed by atoms with Crippen LogP contribution < -0.4 is 0 Å². The van der Waals surface area contributed by atoms with E-state index in [1.807, 2.05) is 0 Å². The van der Waals surface area contributed by atoms with Gasteiger partial charge in [-0.15, -0.1) is 0 Å². The molecule has 0 aromatic heterocycles. The molecule has 3 heteroatoms. The van der Waals surface area contributed by atoms with E-state index in [0.717, 1.165) is 29.9 Å². The van der Waals surface area contributed by atoms with E-state index in [9.17, 15) is 0 Å². The number of hydrogen-bond donors (Lipinski definition) is 0. The van der Waals surface area contributed by atoms with Crippen LogP contribution in [0.25, 0.3) is 0 Å². The first kappa shape index (κ1) is 10.1. The zero-order chi connectivity index (χ0) is 8.04. The van der Waals surface area contributed by atoms with E-state index in [1.54, 1.807) is 7.11 Å². The predicted octanol–water partition coefficient (Wildman–Crippen LogP) is 0.489. The lowest BCUT2D eigenvalue weighted by Gasteiger charge is -2.23. The summed E-state index contributed by atoms with van der Waals surface area (Å²) in [5.74, 6) is 0. The second-order valence-corrected chi connectivity index (χ2v) is 3.47. The van der Waals surface area contributed by atoms with Crippen LogP contribution in [0.15, 0.2) is 0 Å². The highest BCUT2D eigenvalue weighted by Crippen LogP contribution is 2.14. The average molecular weight is 162 g/mol. The van der Waals surface area contributed by atoms with E-state index in [2.05, 4.69) is 13.8 Å². The van der Waals surface area contributed by atoms with Gasteiger partial charge in [-0.25, -0.2) is 0 Å². The van der Waals surface area contributed by atoms with E-state index in [-0.39, 0.29) is 5.60 Å². The van der Waals surface area contributed by atoms with Gasteiger partial charge >= 0.3 is 0 Å². The summed E-state index contributed by atoms with van der Waals surface area (Å²) in [5.41, 5.74) is 0.0742. The highest BCUT2D eigenvalue weighted by atomic mass is 28.2. The van der Waals surface area contributed by atoms with Crippen LogP contribution in [0.3, 0.4) is 0 Å². The number of methoxy groups -OCH3 is 1. The molecule has 0 radical (unpaired) electrons. The van der Waals surface area contributed by atoms with Crippen molar-refractivity contribution in [2.45, 2.75) is 32.3 Å². The topological polar surface area (TPSA) is 18.5 Å². The van der Waals surface area contributed by atoms with Crippen molar-refractivity contribution in [1.82, 2.24) is 0 Å². The van der Waals surface area contributed by atoms with Crippen molar-refractivity contribution in [3.8, 4) is 0 Å². The molecule has 0 aliphatic rings. The molecule has 0 unspecified atom stereocenters. The Morgan fingerprint density at radius 2 is 2.00 bits per heavy atom. The van der Waals surface area contributed by atoms with Gasteiger partial charge in [0.2, 0.25) is 0 Å². The normalized spacial score (nSPS) is 12.3. The fraction of sp³-hybridized carbons (Fsp3) is 1.00. The summed E-state index contributed by atoms with van der Waals surface area (Å²) < 4.78 is 10.3. The Morgan fingerprint density at radius 3 is 2.40 bits per heavy atom. The third-order valence-corrected chi connectivity index (χ3v) is 2.79. The molecule has 0 spiro atoms. The maximum absolute atomic E-state index is 5.37. The van der Waals surface area contributed by atoms with Crippen molar-refractivity contribution in [1.29, 1.82) is 0 Å². The Kier molecular flexibility index (Phi) is 4.94. The molecule has 0 fully saturated rings. The molecule has 0 atom stereocenters. The summed E-state index contributed by atoms with van der Waals surface area (Å²) in [6.45, 7) is 5.08. The summed E-state index contributed by atoms with van der Waals surface area (Å²) in [6.07, 6.45) is 2.18. The quantitative estimate of drug-likeness (QED) is 0.433. The average Bonchev–Trinajstić information content (AvgIpc) is 1.89. The van der Waals surface area contributed by atoms with Crippen molar-refractivity contribution in [3.05, 3.63) is 0 Å². The molecule has 0 amide bonds. The molecule has 0 N–H and O–H groups in total. The second-order valence-electron chi connectivity index (χ2n) is 3.06. The number of ether oxygens (including phenoxy) is 1. The molecule has 0 saturated carbocycles. The van der Waals surface area contributed by atoms with Crippen LogP contribution in [0, 0.1) is 0 Å². The third-order valence-electron chi connectivity index (χ3n) is 1.68. The molecule has 0 aromatic carbocycles. The second kappa shape index (κ2) is 4.88. The summed E-state index contributed by atoms with van der Waals surface area (Å²) in [6, 6.07) is 0. The first-order valence-corrected chi connectivity index (χ1v) is 4.48.